The quantitative estimate of drug-likeness (QED) is 0.332. The van der Waals surface area contributed by atoms with Gasteiger partial charge in [-0.15, -0.1) is 0 Å². The summed E-state index contributed by atoms with van der Waals surface area (Å²) in [4.78, 5) is 3.09. The Morgan fingerprint density at radius 2 is 1.25 bits per heavy atom. The molecule has 0 amide bonds. The summed E-state index contributed by atoms with van der Waals surface area (Å²) < 4.78 is 2.23. The van der Waals surface area contributed by atoms with Crippen LogP contribution in [0.1, 0.15) is 76.2 Å². The first-order valence-corrected chi connectivity index (χ1v) is 10.0. The lowest BCUT2D eigenvalue weighted by atomic mass is 10.0. The monoisotopic (exact) mass is 327 g/mol. The van der Waals surface area contributed by atoms with Gasteiger partial charge in [-0.3, -0.25) is 4.98 Å². The summed E-state index contributed by atoms with van der Waals surface area (Å²) in [6.07, 6.45) is 22.8. The van der Waals surface area contributed by atoms with Gasteiger partial charge in [-0.2, -0.15) is 0 Å². The summed E-state index contributed by atoms with van der Waals surface area (Å²) in [5.41, 5.74) is 1.49. The highest BCUT2D eigenvalue weighted by molar-refractivity contribution is 5.14. The molecule has 2 rings (SSSR count). The molecule has 0 fully saturated rings. The zero-order chi connectivity index (χ0) is 16.7. The van der Waals surface area contributed by atoms with E-state index in [0.29, 0.717) is 0 Å². The lowest BCUT2D eigenvalue weighted by molar-refractivity contribution is -0.696. The van der Waals surface area contributed by atoms with E-state index in [9.17, 15) is 0 Å². The number of benzene rings is 1. The molecule has 2 heteroatoms. The second kappa shape index (κ2) is 12.8. The summed E-state index contributed by atoms with van der Waals surface area (Å²) in [6, 6.07) is 10.9. The Labute approximate surface area is 148 Å². The van der Waals surface area contributed by atoms with E-state index in [1.807, 2.05) is 12.5 Å². The Bertz CT molecular complexity index is 490. The number of nitrogens with zero attached hydrogens (tertiary/aromatic N) is 1. The van der Waals surface area contributed by atoms with Crippen molar-refractivity contribution in [2.45, 2.75) is 83.6 Å². The molecule has 0 atom stereocenters. The van der Waals surface area contributed by atoms with Crippen molar-refractivity contribution in [3.05, 3.63) is 54.6 Å². The number of unbranched alkanes of at least 4 members (excludes halogenated alkanes) is 10. The normalized spacial score (nSPS) is 11.0. The fourth-order valence-electron chi connectivity index (χ4n) is 3.32. The van der Waals surface area contributed by atoms with E-state index in [2.05, 4.69) is 46.1 Å². The molecule has 0 aliphatic carbocycles. The number of hydrogen-bond acceptors (Lipinski definition) is 0. The van der Waals surface area contributed by atoms with Gasteiger partial charge in [0.2, 0.25) is 6.33 Å². The SMILES string of the molecule is c1ccc(CCCCCCCCCCCCC[n+]2cc[nH]c2)cc1. The highest BCUT2D eigenvalue weighted by atomic mass is 15.0. The van der Waals surface area contributed by atoms with E-state index in [-0.39, 0.29) is 0 Å². The summed E-state index contributed by atoms with van der Waals surface area (Å²) in [5.74, 6) is 0. The third-order valence-corrected chi connectivity index (χ3v) is 4.83. The van der Waals surface area contributed by atoms with E-state index >= 15 is 0 Å². The molecule has 0 saturated heterocycles. The highest BCUT2D eigenvalue weighted by Crippen LogP contribution is 2.12. The van der Waals surface area contributed by atoms with Gasteiger partial charge in [-0.25, -0.2) is 4.57 Å². The first-order chi connectivity index (χ1) is 11.9. The van der Waals surface area contributed by atoms with E-state index in [0.717, 1.165) is 6.54 Å². The molecule has 0 unspecified atom stereocenters. The summed E-state index contributed by atoms with van der Waals surface area (Å²) in [6.45, 7) is 1.16. The molecule has 1 aromatic heterocycles. The van der Waals surface area contributed by atoms with Crippen molar-refractivity contribution < 1.29 is 4.57 Å². The molecular weight excluding hydrogens is 292 g/mol. The molecule has 2 nitrogen and oxygen atoms in total. The van der Waals surface area contributed by atoms with Crippen LogP contribution in [0.4, 0.5) is 0 Å². The van der Waals surface area contributed by atoms with Gasteiger partial charge in [-0.05, 0) is 31.2 Å². The molecule has 0 radical (unpaired) electrons. The van der Waals surface area contributed by atoms with Gasteiger partial charge in [0, 0.05) is 0 Å². The number of rotatable bonds is 14. The predicted molar refractivity (Wildman–Crippen MR) is 102 cm³/mol. The minimum Gasteiger partial charge on any atom is -0.250 e. The standard InChI is InChI=1S/C22H34N2/c1(3-5-7-9-14-19-24-20-18-23-21-24)2-4-6-8-11-15-22-16-12-10-13-17-22/h10,12-13,16-18,20-21H,1-9,11,14-15,19H2/p+1. The van der Waals surface area contributed by atoms with E-state index in [4.69, 9.17) is 0 Å². The molecule has 0 saturated carbocycles. The van der Waals surface area contributed by atoms with Gasteiger partial charge in [-0.1, -0.05) is 81.7 Å². The molecule has 132 valence electrons. The summed E-state index contributed by atoms with van der Waals surface area (Å²) in [5, 5.41) is 0. The van der Waals surface area contributed by atoms with Crippen LogP contribution in [0, 0.1) is 0 Å². The Hall–Kier alpha value is -1.57. The van der Waals surface area contributed by atoms with Crippen molar-refractivity contribution in [3.63, 3.8) is 0 Å². The maximum atomic E-state index is 3.09. The van der Waals surface area contributed by atoms with Gasteiger partial charge in [0.15, 0.2) is 0 Å². The Balaban J connectivity index is 1.28. The van der Waals surface area contributed by atoms with E-state index in [1.165, 1.54) is 82.6 Å². The van der Waals surface area contributed by atoms with Crippen molar-refractivity contribution in [2.75, 3.05) is 0 Å². The lowest BCUT2D eigenvalue weighted by Gasteiger charge is -2.03. The minimum atomic E-state index is 1.16. The second-order valence-electron chi connectivity index (χ2n) is 6.97. The number of aryl methyl sites for hydroxylation is 2. The molecular formula is C22H35N2+. The fraction of sp³-hybridized carbons (Fsp3) is 0.591. The largest absolute Gasteiger partial charge is 0.250 e. The predicted octanol–water partition coefficient (Wildman–Crippen LogP) is 5.84. The molecule has 0 aliphatic heterocycles. The molecule has 2 aromatic rings. The molecule has 0 bridgehead atoms. The van der Waals surface area contributed by atoms with Crippen molar-refractivity contribution in [3.8, 4) is 0 Å². The number of aromatic amines is 1. The Morgan fingerprint density at radius 1 is 0.667 bits per heavy atom. The lowest BCUT2D eigenvalue weighted by Crippen LogP contribution is -2.30. The van der Waals surface area contributed by atoms with Gasteiger partial charge < -0.3 is 0 Å². The Kier molecular flexibility index (Phi) is 10.0. The summed E-state index contributed by atoms with van der Waals surface area (Å²) in [7, 11) is 0. The van der Waals surface area contributed by atoms with Crippen molar-refractivity contribution in [1.29, 1.82) is 0 Å². The minimum absolute atomic E-state index is 1.16. The van der Waals surface area contributed by atoms with Crippen LogP contribution < -0.4 is 4.57 Å². The molecule has 1 heterocycles. The average molecular weight is 328 g/mol. The first kappa shape index (κ1) is 18.8. The zero-order valence-electron chi connectivity index (χ0n) is 15.3. The third-order valence-electron chi connectivity index (χ3n) is 4.83. The van der Waals surface area contributed by atoms with Crippen LogP contribution in [0.3, 0.4) is 0 Å². The summed E-state index contributed by atoms with van der Waals surface area (Å²) >= 11 is 0. The number of aromatic nitrogens is 2. The van der Waals surface area contributed by atoms with Crippen LogP contribution in [-0.2, 0) is 13.0 Å². The van der Waals surface area contributed by atoms with Crippen LogP contribution in [0.2, 0.25) is 0 Å². The Morgan fingerprint density at radius 3 is 1.83 bits per heavy atom. The van der Waals surface area contributed by atoms with Crippen molar-refractivity contribution in [2.24, 2.45) is 0 Å². The molecule has 0 spiro atoms. The van der Waals surface area contributed by atoms with Gasteiger partial charge in [0.1, 0.15) is 12.4 Å². The smallest absolute Gasteiger partial charge is 0.241 e. The second-order valence-corrected chi connectivity index (χ2v) is 6.97. The number of H-pyrrole nitrogens is 1. The van der Waals surface area contributed by atoms with E-state index < -0.39 is 0 Å². The van der Waals surface area contributed by atoms with Gasteiger partial charge in [0.05, 0.1) is 6.54 Å². The third kappa shape index (κ3) is 8.90. The topological polar surface area (TPSA) is 19.7 Å². The van der Waals surface area contributed by atoms with Gasteiger partial charge in [0.25, 0.3) is 0 Å². The maximum Gasteiger partial charge on any atom is 0.241 e. The maximum absolute atomic E-state index is 3.09. The van der Waals surface area contributed by atoms with Crippen LogP contribution in [0.5, 0.6) is 0 Å². The van der Waals surface area contributed by atoms with E-state index in [1.54, 1.807) is 0 Å². The molecule has 24 heavy (non-hydrogen) atoms. The average Bonchev–Trinajstić information content (AvgIpc) is 3.13. The number of nitrogens with one attached hydrogen (secondary N) is 1. The zero-order valence-corrected chi connectivity index (χ0v) is 15.3. The molecule has 0 aliphatic rings. The number of imidazole rings is 1. The fourth-order valence-corrected chi connectivity index (χ4v) is 3.32. The molecule has 1 N–H and O–H groups in total. The number of hydrogen-bond donors (Lipinski definition) is 1. The van der Waals surface area contributed by atoms with Crippen LogP contribution in [0.15, 0.2) is 49.1 Å². The van der Waals surface area contributed by atoms with Crippen LogP contribution in [0.25, 0.3) is 0 Å². The van der Waals surface area contributed by atoms with Crippen LogP contribution >= 0.6 is 0 Å². The van der Waals surface area contributed by atoms with Crippen molar-refractivity contribution in [1.82, 2.24) is 4.98 Å². The van der Waals surface area contributed by atoms with Crippen molar-refractivity contribution >= 4 is 0 Å². The first-order valence-electron chi connectivity index (χ1n) is 10.0. The van der Waals surface area contributed by atoms with Gasteiger partial charge >= 0.3 is 0 Å². The highest BCUT2D eigenvalue weighted by Gasteiger charge is 1.97. The van der Waals surface area contributed by atoms with Crippen LogP contribution in [-0.4, -0.2) is 4.98 Å². The molecule has 1 aromatic carbocycles.